The Kier molecular flexibility index (Phi) is 4.28. The molecule has 126 valence electrons. The number of rotatable bonds is 4. The Labute approximate surface area is 147 Å². The fraction of sp³-hybridized carbons (Fsp3) is 0.143. The minimum absolute atomic E-state index is 0.268. The van der Waals surface area contributed by atoms with Gasteiger partial charge in [0.05, 0.1) is 11.4 Å². The summed E-state index contributed by atoms with van der Waals surface area (Å²) in [5, 5.41) is 5.73. The van der Waals surface area contributed by atoms with Crippen molar-refractivity contribution in [2.75, 3.05) is 10.6 Å². The van der Waals surface area contributed by atoms with E-state index in [1.807, 2.05) is 24.3 Å². The van der Waals surface area contributed by atoms with Crippen LogP contribution in [0.2, 0.25) is 0 Å². The van der Waals surface area contributed by atoms with Crippen LogP contribution in [0.5, 0.6) is 0 Å². The molecular formula is C21H20N2O2. The molecule has 0 radical (unpaired) electrons. The van der Waals surface area contributed by atoms with Crippen molar-refractivity contribution >= 4 is 23.2 Å². The van der Waals surface area contributed by atoms with Crippen molar-refractivity contribution in [3.8, 4) is 11.1 Å². The molecule has 4 heteroatoms. The number of fused-ring (bicyclic) bond motifs is 3. The summed E-state index contributed by atoms with van der Waals surface area (Å²) in [6.07, 6.45) is 0.702. The first-order valence-corrected chi connectivity index (χ1v) is 8.06. The van der Waals surface area contributed by atoms with Gasteiger partial charge in [-0.1, -0.05) is 43.5 Å². The maximum atomic E-state index is 12.2. The molecule has 2 aromatic rings. The number of hydrogen-bond donors (Lipinski definition) is 2. The second-order valence-corrected chi connectivity index (χ2v) is 6.32. The number of nitrogens with one attached hydrogen (secondary N) is 2. The van der Waals surface area contributed by atoms with Crippen molar-refractivity contribution in [3.05, 3.63) is 71.8 Å². The summed E-state index contributed by atoms with van der Waals surface area (Å²) in [4.78, 5) is 24.3. The highest BCUT2D eigenvalue weighted by Gasteiger charge is 2.24. The zero-order chi connectivity index (χ0) is 18.1. The van der Waals surface area contributed by atoms with Crippen LogP contribution in [0.25, 0.3) is 11.1 Å². The van der Waals surface area contributed by atoms with Gasteiger partial charge in [0.2, 0.25) is 0 Å². The molecule has 0 saturated heterocycles. The number of amides is 2. The lowest BCUT2D eigenvalue weighted by Crippen LogP contribution is -2.18. The van der Waals surface area contributed by atoms with Crippen LogP contribution in [0.15, 0.2) is 60.7 Å². The van der Waals surface area contributed by atoms with E-state index in [9.17, 15) is 9.59 Å². The zero-order valence-electron chi connectivity index (χ0n) is 14.4. The first kappa shape index (κ1) is 16.7. The van der Waals surface area contributed by atoms with Gasteiger partial charge in [-0.15, -0.1) is 0 Å². The molecule has 0 atom stereocenters. The summed E-state index contributed by atoms with van der Waals surface area (Å²) in [6, 6.07) is 11.9. The van der Waals surface area contributed by atoms with Crippen LogP contribution in [-0.2, 0) is 16.0 Å². The van der Waals surface area contributed by atoms with E-state index in [2.05, 4.69) is 35.9 Å². The van der Waals surface area contributed by atoms with E-state index < -0.39 is 0 Å². The van der Waals surface area contributed by atoms with E-state index in [4.69, 9.17) is 0 Å². The third-order valence-corrected chi connectivity index (χ3v) is 4.25. The molecule has 2 aromatic carbocycles. The van der Waals surface area contributed by atoms with Crippen LogP contribution in [-0.4, -0.2) is 11.8 Å². The van der Waals surface area contributed by atoms with Gasteiger partial charge in [-0.2, -0.15) is 0 Å². The normalized spacial score (nSPS) is 11.3. The molecule has 0 heterocycles. The van der Waals surface area contributed by atoms with Crippen molar-refractivity contribution in [1.29, 1.82) is 0 Å². The third kappa shape index (κ3) is 3.11. The Morgan fingerprint density at radius 1 is 0.880 bits per heavy atom. The van der Waals surface area contributed by atoms with Crippen molar-refractivity contribution in [2.24, 2.45) is 0 Å². The van der Waals surface area contributed by atoms with Crippen LogP contribution in [0.1, 0.15) is 25.0 Å². The van der Waals surface area contributed by atoms with Crippen LogP contribution >= 0.6 is 0 Å². The van der Waals surface area contributed by atoms with Crippen LogP contribution < -0.4 is 10.6 Å². The van der Waals surface area contributed by atoms with Crippen molar-refractivity contribution in [3.63, 3.8) is 0 Å². The first-order valence-electron chi connectivity index (χ1n) is 8.06. The van der Waals surface area contributed by atoms with Crippen LogP contribution in [0.4, 0.5) is 11.4 Å². The lowest BCUT2D eigenvalue weighted by Gasteiger charge is -2.17. The molecule has 0 unspecified atom stereocenters. The van der Waals surface area contributed by atoms with Gasteiger partial charge in [0.1, 0.15) is 0 Å². The molecule has 0 aromatic heterocycles. The Bertz CT molecular complexity index is 925. The molecule has 2 amide bonds. The fourth-order valence-electron chi connectivity index (χ4n) is 2.91. The minimum atomic E-state index is -0.277. The Hall–Kier alpha value is -3.14. The quantitative estimate of drug-likeness (QED) is 0.700. The maximum Gasteiger partial charge on any atom is 0.250 e. The van der Waals surface area contributed by atoms with Crippen LogP contribution in [0.3, 0.4) is 0 Å². The highest BCUT2D eigenvalue weighted by Crippen LogP contribution is 2.43. The average Bonchev–Trinajstić information content (AvgIpc) is 2.95. The number of carbonyl (C=O) groups is 2. The predicted molar refractivity (Wildman–Crippen MR) is 102 cm³/mol. The number of anilines is 2. The number of hydrogen-bond acceptors (Lipinski definition) is 2. The molecule has 2 N–H and O–H groups in total. The highest BCUT2D eigenvalue weighted by molar-refractivity contribution is 6.10. The predicted octanol–water partition coefficient (Wildman–Crippen LogP) is 4.29. The summed E-state index contributed by atoms with van der Waals surface area (Å²) in [6.45, 7) is 10.6. The first-order chi connectivity index (χ1) is 11.9. The van der Waals surface area contributed by atoms with E-state index in [1.54, 1.807) is 13.8 Å². The lowest BCUT2D eigenvalue weighted by atomic mass is 10.0. The minimum Gasteiger partial charge on any atom is -0.320 e. The molecule has 3 rings (SSSR count). The molecule has 0 aliphatic heterocycles. The Morgan fingerprint density at radius 3 is 2.20 bits per heavy atom. The molecule has 0 saturated carbocycles. The van der Waals surface area contributed by atoms with E-state index in [0.29, 0.717) is 28.9 Å². The second-order valence-electron chi connectivity index (χ2n) is 6.32. The van der Waals surface area contributed by atoms with Crippen molar-refractivity contribution in [2.45, 2.75) is 20.3 Å². The highest BCUT2D eigenvalue weighted by atomic mass is 16.2. The molecule has 0 spiro atoms. The van der Waals surface area contributed by atoms with Gasteiger partial charge in [0, 0.05) is 17.6 Å². The van der Waals surface area contributed by atoms with Gasteiger partial charge >= 0.3 is 0 Å². The van der Waals surface area contributed by atoms with E-state index in [0.717, 1.165) is 16.7 Å². The smallest absolute Gasteiger partial charge is 0.250 e. The Morgan fingerprint density at radius 2 is 1.52 bits per heavy atom. The van der Waals surface area contributed by atoms with Gasteiger partial charge in [0.15, 0.2) is 0 Å². The molecule has 1 aliphatic rings. The van der Waals surface area contributed by atoms with Crippen LogP contribution in [0, 0.1) is 0 Å². The summed E-state index contributed by atoms with van der Waals surface area (Å²) in [7, 11) is 0. The maximum absolute atomic E-state index is 12.2. The summed E-state index contributed by atoms with van der Waals surface area (Å²) in [5.41, 5.74) is 6.42. The van der Waals surface area contributed by atoms with Gasteiger partial charge in [-0.3, -0.25) is 9.59 Å². The van der Waals surface area contributed by atoms with Gasteiger partial charge < -0.3 is 10.6 Å². The number of carbonyl (C=O) groups excluding carboxylic acids is 2. The molecular weight excluding hydrogens is 312 g/mol. The van der Waals surface area contributed by atoms with Gasteiger partial charge in [-0.05, 0) is 42.2 Å². The van der Waals surface area contributed by atoms with E-state index in [1.165, 1.54) is 5.56 Å². The molecule has 1 aliphatic carbocycles. The number of benzene rings is 2. The molecule has 4 nitrogen and oxygen atoms in total. The third-order valence-electron chi connectivity index (χ3n) is 4.25. The standard InChI is InChI=1S/C21H20N2O2/c1-12(2)20(24)22-18-10-9-16-15-8-6-5-7-14(15)11-17(16)19(18)23-21(25)13(3)4/h5-10H,1,3,11H2,2,4H3,(H,22,24)(H,23,25). The average molecular weight is 332 g/mol. The molecule has 0 fully saturated rings. The van der Waals surface area contributed by atoms with Crippen molar-refractivity contribution < 1.29 is 9.59 Å². The SMILES string of the molecule is C=C(C)C(=O)Nc1ccc2c(c1NC(=O)C(=C)C)Cc1ccccc1-2. The second kappa shape index (κ2) is 6.40. The monoisotopic (exact) mass is 332 g/mol. The Balaban J connectivity index is 2.10. The zero-order valence-corrected chi connectivity index (χ0v) is 14.4. The summed E-state index contributed by atoms with van der Waals surface area (Å²) < 4.78 is 0. The summed E-state index contributed by atoms with van der Waals surface area (Å²) >= 11 is 0. The molecule has 25 heavy (non-hydrogen) atoms. The fourth-order valence-corrected chi connectivity index (χ4v) is 2.91. The molecule has 0 bridgehead atoms. The topological polar surface area (TPSA) is 58.2 Å². The summed E-state index contributed by atoms with van der Waals surface area (Å²) in [5.74, 6) is -0.545. The van der Waals surface area contributed by atoms with Gasteiger partial charge in [-0.25, -0.2) is 0 Å². The lowest BCUT2D eigenvalue weighted by molar-refractivity contribution is -0.113. The largest absolute Gasteiger partial charge is 0.320 e. The van der Waals surface area contributed by atoms with E-state index in [-0.39, 0.29) is 11.8 Å². The van der Waals surface area contributed by atoms with Gasteiger partial charge in [0.25, 0.3) is 11.8 Å². The van der Waals surface area contributed by atoms with E-state index >= 15 is 0 Å². The van der Waals surface area contributed by atoms with Crippen molar-refractivity contribution in [1.82, 2.24) is 0 Å².